The standard InChI is InChI=1S/C19H32ClN/c1-3-5-6-7-8-9-10-11-18(16-21-4-2)17-12-14-19(20)15-13-17/h12-15,18,21H,3-11,16H2,1-2H3. The highest BCUT2D eigenvalue weighted by Crippen LogP contribution is 2.24. The third kappa shape index (κ3) is 8.48. The van der Waals surface area contributed by atoms with Crippen LogP contribution in [0.4, 0.5) is 0 Å². The van der Waals surface area contributed by atoms with Crippen molar-refractivity contribution in [3.8, 4) is 0 Å². The van der Waals surface area contributed by atoms with Crippen LogP contribution >= 0.6 is 11.6 Å². The molecule has 0 saturated carbocycles. The minimum atomic E-state index is 0.623. The number of halogens is 1. The van der Waals surface area contributed by atoms with Crippen LogP contribution in [0.25, 0.3) is 0 Å². The Morgan fingerprint density at radius 3 is 2.14 bits per heavy atom. The number of likely N-dealkylation sites (N-methyl/N-ethyl adjacent to an activating group) is 1. The number of benzene rings is 1. The monoisotopic (exact) mass is 309 g/mol. The zero-order valence-corrected chi connectivity index (χ0v) is 14.6. The van der Waals surface area contributed by atoms with Crippen LogP contribution in [-0.2, 0) is 0 Å². The molecule has 1 aromatic rings. The lowest BCUT2D eigenvalue weighted by Crippen LogP contribution is -2.21. The lowest BCUT2D eigenvalue weighted by molar-refractivity contribution is 0.510. The predicted octanol–water partition coefficient (Wildman–Crippen LogP) is 6.17. The number of hydrogen-bond donors (Lipinski definition) is 1. The molecular formula is C19H32ClN. The van der Waals surface area contributed by atoms with E-state index in [0.29, 0.717) is 5.92 Å². The summed E-state index contributed by atoms with van der Waals surface area (Å²) < 4.78 is 0. The molecule has 1 N–H and O–H groups in total. The minimum Gasteiger partial charge on any atom is -0.316 e. The summed E-state index contributed by atoms with van der Waals surface area (Å²) in [6.07, 6.45) is 10.9. The second kappa shape index (κ2) is 12.1. The van der Waals surface area contributed by atoms with Crippen molar-refractivity contribution in [1.29, 1.82) is 0 Å². The van der Waals surface area contributed by atoms with Crippen LogP contribution in [0.3, 0.4) is 0 Å². The summed E-state index contributed by atoms with van der Waals surface area (Å²) >= 11 is 5.99. The van der Waals surface area contributed by atoms with Gasteiger partial charge in [0.25, 0.3) is 0 Å². The van der Waals surface area contributed by atoms with Crippen molar-refractivity contribution in [3.63, 3.8) is 0 Å². The first kappa shape index (κ1) is 18.5. The van der Waals surface area contributed by atoms with E-state index < -0.39 is 0 Å². The zero-order valence-electron chi connectivity index (χ0n) is 13.8. The van der Waals surface area contributed by atoms with Gasteiger partial charge in [0.1, 0.15) is 0 Å². The maximum Gasteiger partial charge on any atom is 0.0406 e. The average molecular weight is 310 g/mol. The average Bonchev–Trinajstić information content (AvgIpc) is 2.50. The van der Waals surface area contributed by atoms with Gasteiger partial charge in [-0.3, -0.25) is 0 Å². The molecule has 0 aliphatic carbocycles. The van der Waals surface area contributed by atoms with Crippen molar-refractivity contribution in [3.05, 3.63) is 34.9 Å². The Bertz CT molecular complexity index is 347. The molecule has 0 aromatic heterocycles. The first-order valence-electron chi connectivity index (χ1n) is 8.74. The summed E-state index contributed by atoms with van der Waals surface area (Å²) in [5.41, 5.74) is 1.42. The molecule has 0 aliphatic heterocycles. The third-order valence-corrected chi connectivity index (χ3v) is 4.39. The fraction of sp³-hybridized carbons (Fsp3) is 0.684. The van der Waals surface area contributed by atoms with E-state index in [1.165, 1.54) is 56.9 Å². The Morgan fingerprint density at radius 1 is 0.905 bits per heavy atom. The van der Waals surface area contributed by atoms with Crippen LogP contribution in [-0.4, -0.2) is 13.1 Å². The first-order valence-corrected chi connectivity index (χ1v) is 9.11. The van der Waals surface area contributed by atoms with Gasteiger partial charge in [-0.05, 0) is 36.6 Å². The molecule has 0 saturated heterocycles. The van der Waals surface area contributed by atoms with Gasteiger partial charge in [-0.1, -0.05) is 82.5 Å². The molecule has 0 aliphatic rings. The Morgan fingerprint density at radius 2 is 1.52 bits per heavy atom. The van der Waals surface area contributed by atoms with Gasteiger partial charge in [0.05, 0.1) is 0 Å². The molecule has 0 fully saturated rings. The van der Waals surface area contributed by atoms with Gasteiger partial charge in [-0.2, -0.15) is 0 Å². The molecule has 0 bridgehead atoms. The van der Waals surface area contributed by atoms with Gasteiger partial charge in [0.15, 0.2) is 0 Å². The number of rotatable bonds is 12. The molecule has 21 heavy (non-hydrogen) atoms. The number of hydrogen-bond acceptors (Lipinski definition) is 1. The van der Waals surface area contributed by atoms with Crippen molar-refractivity contribution >= 4 is 11.6 Å². The normalized spacial score (nSPS) is 12.5. The molecule has 0 amide bonds. The topological polar surface area (TPSA) is 12.0 Å². The van der Waals surface area contributed by atoms with Crippen molar-refractivity contribution in [1.82, 2.24) is 5.32 Å². The van der Waals surface area contributed by atoms with Crippen LogP contribution in [0.5, 0.6) is 0 Å². The zero-order chi connectivity index (χ0) is 15.3. The Hall–Kier alpha value is -0.530. The van der Waals surface area contributed by atoms with Crippen molar-refractivity contribution in [2.45, 2.75) is 71.1 Å². The maximum atomic E-state index is 5.99. The fourth-order valence-corrected chi connectivity index (χ4v) is 2.91. The first-order chi connectivity index (χ1) is 10.3. The Kier molecular flexibility index (Phi) is 10.6. The van der Waals surface area contributed by atoms with Gasteiger partial charge < -0.3 is 5.32 Å². The maximum absolute atomic E-state index is 5.99. The molecule has 0 heterocycles. The number of nitrogens with one attached hydrogen (secondary N) is 1. The highest BCUT2D eigenvalue weighted by molar-refractivity contribution is 6.30. The van der Waals surface area contributed by atoms with Crippen molar-refractivity contribution in [2.75, 3.05) is 13.1 Å². The van der Waals surface area contributed by atoms with Gasteiger partial charge >= 0.3 is 0 Å². The van der Waals surface area contributed by atoms with Crippen molar-refractivity contribution < 1.29 is 0 Å². The van der Waals surface area contributed by atoms with E-state index in [0.717, 1.165) is 18.1 Å². The Balaban J connectivity index is 2.31. The summed E-state index contributed by atoms with van der Waals surface area (Å²) in [7, 11) is 0. The smallest absolute Gasteiger partial charge is 0.0406 e. The lowest BCUT2D eigenvalue weighted by atomic mass is 9.92. The number of unbranched alkanes of at least 4 members (excludes halogenated alkanes) is 6. The SMILES string of the molecule is CCCCCCCCCC(CNCC)c1ccc(Cl)cc1. The highest BCUT2D eigenvalue weighted by atomic mass is 35.5. The molecule has 120 valence electrons. The van der Waals surface area contributed by atoms with Gasteiger partial charge in [0.2, 0.25) is 0 Å². The lowest BCUT2D eigenvalue weighted by Gasteiger charge is -2.18. The van der Waals surface area contributed by atoms with E-state index in [2.05, 4.69) is 31.3 Å². The van der Waals surface area contributed by atoms with E-state index in [4.69, 9.17) is 11.6 Å². The van der Waals surface area contributed by atoms with Crippen LogP contribution in [0.15, 0.2) is 24.3 Å². The van der Waals surface area contributed by atoms with Crippen LogP contribution in [0.1, 0.15) is 76.7 Å². The second-order valence-electron chi connectivity index (χ2n) is 5.97. The highest BCUT2D eigenvalue weighted by Gasteiger charge is 2.10. The van der Waals surface area contributed by atoms with Crippen LogP contribution in [0.2, 0.25) is 5.02 Å². The third-order valence-electron chi connectivity index (χ3n) is 4.14. The van der Waals surface area contributed by atoms with E-state index in [-0.39, 0.29) is 0 Å². The molecule has 1 nitrogen and oxygen atoms in total. The summed E-state index contributed by atoms with van der Waals surface area (Å²) in [5, 5.41) is 4.33. The van der Waals surface area contributed by atoms with E-state index in [9.17, 15) is 0 Å². The van der Waals surface area contributed by atoms with Gasteiger partial charge in [-0.25, -0.2) is 0 Å². The molecule has 1 aromatic carbocycles. The molecule has 1 rings (SSSR count). The summed E-state index contributed by atoms with van der Waals surface area (Å²) in [4.78, 5) is 0. The molecule has 1 unspecified atom stereocenters. The van der Waals surface area contributed by atoms with Gasteiger partial charge in [0, 0.05) is 11.6 Å². The van der Waals surface area contributed by atoms with Gasteiger partial charge in [-0.15, -0.1) is 0 Å². The quantitative estimate of drug-likeness (QED) is 0.455. The summed E-state index contributed by atoms with van der Waals surface area (Å²) in [6.45, 7) is 6.57. The molecule has 0 spiro atoms. The van der Waals surface area contributed by atoms with E-state index >= 15 is 0 Å². The molecule has 2 heteroatoms. The largest absolute Gasteiger partial charge is 0.316 e. The van der Waals surface area contributed by atoms with E-state index in [1.807, 2.05) is 12.1 Å². The molecule has 1 atom stereocenters. The summed E-state index contributed by atoms with van der Waals surface area (Å²) in [5.74, 6) is 0.623. The predicted molar refractivity (Wildman–Crippen MR) is 95.3 cm³/mol. The second-order valence-corrected chi connectivity index (χ2v) is 6.40. The Labute approximate surface area is 136 Å². The molecule has 0 radical (unpaired) electrons. The fourth-order valence-electron chi connectivity index (χ4n) is 2.79. The van der Waals surface area contributed by atoms with Crippen LogP contribution in [0, 0.1) is 0 Å². The van der Waals surface area contributed by atoms with Crippen LogP contribution < -0.4 is 5.32 Å². The van der Waals surface area contributed by atoms with Crippen molar-refractivity contribution in [2.24, 2.45) is 0 Å². The van der Waals surface area contributed by atoms with E-state index in [1.54, 1.807) is 0 Å². The summed E-state index contributed by atoms with van der Waals surface area (Å²) in [6, 6.07) is 8.40. The molecular weight excluding hydrogens is 278 g/mol. The minimum absolute atomic E-state index is 0.623.